The van der Waals surface area contributed by atoms with Crippen LogP contribution in [0, 0.1) is 0 Å². The third-order valence-electron chi connectivity index (χ3n) is 5.86. The molecule has 5 nitrogen and oxygen atoms in total. The number of hydrogen-bond acceptors (Lipinski definition) is 3. The minimum Gasteiger partial charge on any atom is -0.353 e. The van der Waals surface area contributed by atoms with E-state index in [4.69, 9.17) is 11.6 Å². The number of fused-ring (bicyclic) bond motifs is 3. The van der Waals surface area contributed by atoms with Crippen LogP contribution in [-0.2, 0) is 10.3 Å². The number of halogens is 6. The molecule has 3 aliphatic heterocycles. The van der Waals surface area contributed by atoms with Crippen LogP contribution in [0.1, 0.15) is 50.8 Å². The zero-order chi connectivity index (χ0) is 21.2. The highest BCUT2D eigenvalue weighted by Crippen LogP contribution is 2.51. The maximum Gasteiger partial charge on any atom is 0.411 e. The lowest BCUT2D eigenvalue weighted by molar-refractivity contribution is -0.206. The minimum absolute atomic E-state index is 0.0181. The average Bonchev–Trinajstić information content (AvgIpc) is 3.11. The van der Waals surface area contributed by atoms with Gasteiger partial charge in [-0.05, 0) is 26.2 Å². The maximum atomic E-state index is 14.0. The second kappa shape index (κ2) is 6.52. The molecule has 4 aliphatic rings. The summed E-state index contributed by atoms with van der Waals surface area (Å²) in [5.41, 5.74) is -2.10. The number of aromatic nitrogens is 3. The van der Waals surface area contributed by atoms with Crippen molar-refractivity contribution < 1.29 is 26.7 Å². The Balaban J connectivity index is 1.71. The first kappa shape index (κ1) is 20.3. The zero-order valence-electron chi connectivity index (χ0n) is 15.4. The molecular weight excluding hydrogens is 419 g/mol. The first-order valence-corrected chi connectivity index (χ1v) is 9.58. The lowest BCUT2D eigenvalue weighted by atomic mass is 9.89. The Bertz CT molecular complexity index is 930. The smallest absolute Gasteiger partial charge is 0.353 e. The Morgan fingerprint density at radius 2 is 2.07 bits per heavy atom. The molecule has 1 N–H and O–H groups in total. The fraction of sp³-hybridized carbons (Fsp3) is 0.611. The maximum absolute atomic E-state index is 14.0. The molecule has 1 amide bonds. The number of alkyl halides is 5. The molecule has 0 aromatic rings. The van der Waals surface area contributed by atoms with Crippen molar-refractivity contribution >= 4 is 17.5 Å². The van der Waals surface area contributed by atoms with Gasteiger partial charge in [-0.15, -0.1) is 0 Å². The summed E-state index contributed by atoms with van der Waals surface area (Å²) in [6.07, 6.45) is -4.16. The summed E-state index contributed by atoms with van der Waals surface area (Å²) in [4.78, 5) is 20.8. The van der Waals surface area contributed by atoms with Crippen LogP contribution in [0.15, 0.2) is 12.3 Å². The van der Waals surface area contributed by atoms with E-state index in [9.17, 15) is 26.7 Å². The van der Waals surface area contributed by atoms with Gasteiger partial charge in [0.2, 0.25) is 11.8 Å². The molecule has 4 rings (SSSR count). The monoisotopic (exact) mass is 436 g/mol. The fourth-order valence-electron chi connectivity index (χ4n) is 4.37. The van der Waals surface area contributed by atoms with Crippen molar-refractivity contribution in [2.24, 2.45) is 0 Å². The number of carbonyl (C=O) groups excluding carboxylic acids is 1. The van der Waals surface area contributed by atoms with Crippen LogP contribution >= 0.6 is 11.6 Å². The molecular formula is C18H18ClF5N4O. The molecule has 0 radical (unpaired) electrons. The second-order valence-electron chi connectivity index (χ2n) is 7.99. The van der Waals surface area contributed by atoms with Crippen LogP contribution in [0.3, 0.4) is 0 Å². The van der Waals surface area contributed by atoms with E-state index in [2.05, 4.69) is 15.3 Å². The molecule has 1 unspecified atom stereocenters. The standard InChI is InChI=1S/C18H18ClF5N4O/c1-16(18(22,23)24)7-10(15(29)26-9-3-2-4-17(20,21)6-9)14-25-8-11-12(28(14)16)5-13(19)27-11/h5,8-10H,2-4,6-7H2,1H3,(H,26,29)/t9-,10+,16?/m0/s1. The number of carbonyl (C=O) groups is 1. The van der Waals surface area contributed by atoms with Crippen LogP contribution in [0.2, 0.25) is 5.15 Å². The molecule has 29 heavy (non-hydrogen) atoms. The number of hydrogen-bond donors (Lipinski definition) is 1. The Labute approximate surface area is 168 Å². The SMILES string of the molecule is CC1(C(F)(F)F)C[C@@H](C(=O)N[C@H]2CCCC(F)(F)C2)c2ncc3nc(Cl)cc-3n21. The molecule has 0 aromatic heterocycles. The molecule has 158 valence electrons. The first-order chi connectivity index (χ1) is 13.4. The first-order valence-electron chi connectivity index (χ1n) is 9.21. The third kappa shape index (κ3) is 3.35. The van der Waals surface area contributed by atoms with Crippen molar-refractivity contribution in [2.45, 2.75) is 68.6 Å². The quantitative estimate of drug-likeness (QED) is 0.705. The van der Waals surface area contributed by atoms with E-state index < -0.39 is 48.3 Å². The van der Waals surface area contributed by atoms with E-state index in [1.807, 2.05) is 0 Å². The average molecular weight is 437 g/mol. The molecule has 0 spiro atoms. The van der Waals surface area contributed by atoms with Crippen LogP contribution in [0.4, 0.5) is 22.0 Å². The van der Waals surface area contributed by atoms with E-state index in [0.29, 0.717) is 6.42 Å². The van der Waals surface area contributed by atoms with Crippen molar-refractivity contribution in [2.75, 3.05) is 0 Å². The van der Waals surface area contributed by atoms with Gasteiger partial charge in [-0.3, -0.25) is 4.79 Å². The normalized spacial score (nSPS) is 29.1. The highest BCUT2D eigenvalue weighted by Gasteiger charge is 2.60. The van der Waals surface area contributed by atoms with Gasteiger partial charge in [0.05, 0.1) is 17.8 Å². The summed E-state index contributed by atoms with van der Waals surface area (Å²) in [6.45, 7) is 0.987. The van der Waals surface area contributed by atoms with E-state index in [-0.39, 0.29) is 35.2 Å². The lowest BCUT2D eigenvalue weighted by Crippen LogP contribution is -2.45. The summed E-state index contributed by atoms with van der Waals surface area (Å²) in [7, 11) is 0. The van der Waals surface area contributed by atoms with E-state index in [1.54, 1.807) is 0 Å². The van der Waals surface area contributed by atoms with Crippen LogP contribution in [-0.4, -0.2) is 38.6 Å². The molecule has 11 heteroatoms. The molecule has 3 atom stereocenters. The number of amides is 1. The van der Waals surface area contributed by atoms with Crippen LogP contribution in [0.5, 0.6) is 0 Å². The van der Waals surface area contributed by atoms with Crippen molar-refractivity contribution in [1.29, 1.82) is 0 Å². The minimum atomic E-state index is -4.68. The molecule has 1 fully saturated rings. The molecule has 0 saturated heterocycles. The lowest BCUT2D eigenvalue weighted by Gasteiger charge is -2.32. The zero-order valence-corrected chi connectivity index (χ0v) is 16.1. The van der Waals surface area contributed by atoms with Gasteiger partial charge in [-0.2, -0.15) is 13.2 Å². The predicted octanol–water partition coefficient (Wildman–Crippen LogP) is 4.50. The van der Waals surface area contributed by atoms with E-state index >= 15 is 0 Å². The Morgan fingerprint density at radius 3 is 2.72 bits per heavy atom. The fourth-order valence-corrected chi connectivity index (χ4v) is 4.56. The van der Waals surface area contributed by atoms with Crippen LogP contribution in [0.25, 0.3) is 11.4 Å². The van der Waals surface area contributed by atoms with Crippen molar-refractivity contribution in [3.8, 4) is 11.4 Å². The summed E-state index contributed by atoms with van der Waals surface area (Å²) in [5, 5.41) is 2.54. The third-order valence-corrected chi connectivity index (χ3v) is 6.05. The summed E-state index contributed by atoms with van der Waals surface area (Å²) in [5.74, 6) is -4.93. The van der Waals surface area contributed by atoms with Gasteiger partial charge in [0.25, 0.3) is 0 Å². The summed E-state index contributed by atoms with van der Waals surface area (Å²) in [6, 6.07) is 0.518. The largest absolute Gasteiger partial charge is 0.411 e. The van der Waals surface area contributed by atoms with Gasteiger partial charge >= 0.3 is 6.18 Å². The van der Waals surface area contributed by atoms with Gasteiger partial charge in [0, 0.05) is 24.9 Å². The van der Waals surface area contributed by atoms with Gasteiger partial charge in [-0.1, -0.05) is 11.6 Å². The van der Waals surface area contributed by atoms with Gasteiger partial charge in [0.1, 0.15) is 22.2 Å². The summed E-state index contributed by atoms with van der Waals surface area (Å²) < 4.78 is 70.3. The highest BCUT2D eigenvalue weighted by atomic mass is 35.5. The van der Waals surface area contributed by atoms with E-state index in [0.717, 1.165) is 11.5 Å². The van der Waals surface area contributed by atoms with Crippen molar-refractivity contribution in [1.82, 2.24) is 19.9 Å². The summed E-state index contributed by atoms with van der Waals surface area (Å²) >= 11 is 5.86. The van der Waals surface area contributed by atoms with Gasteiger partial charge in [0.15, 0.2) is 0 Å². The predicted molar refractivity (Wildman–Crippen MR) is 94.1 cm³/mol. The molecule has 0 bridgehead atoms. The van der Waals surface area contributed by atoms with Gasteiger partial charge < -0.3 is 9.88 Å². The van der Waals surface area contributed by atoms with Crippen molar-refractivity contribution in [3.63, 3.8) is 0 Å². The van der Waals surface area contributed by atoms with Gasteiger partial charge in [-0.25, -0.2) is 18.7 Å². The number of nitrogens with zero attached hydrogens (tertiary/aromatic N) is 3. The molecule has 3 heterocycles. The molecule has 0 aromatic carbocycles. The molecule has 1 aliphatic carbocycles. The van der Waals surface area contributed by atoms with E-state index in [1.165, 1.54) is 12.3 Å². The number of rotatable bonds is 2. The number of nitrogens with one attached hydrogen (secondary N) is 1. The highest BCUT2D eigenvalue weighted by molar-refractivity contribution is 6.30. The molecule has 1 saturated carbocycles. The second-order valence-corrected chi connectivity index (χ2v) is 8.37. The Morgan fingerprint density at radius 1 is 1.34 bits per heavy atom. The van der Waals surface area contributed by atoms with Crippen molar-refractivity contribution in [3.05, 3.63) is 23.2 Å². The van der Waals surface area contributed by atoms with Crippen LogP contribution < -0.4 is 5.32 Å². The Hall–Kier alpha value is -1.97. The Kier molecular flexibility index (Phi) is 4.56. The topological polar surface area (TPSA) is 59.8 Å².